The van der Waals surface area contributed by atoms with Crippen LogP contribution in [-0.2, 0) is 14.3 Å². The van der Waals surface area contributed by atoms with Crippen LogP contribution in [0, 0.1) is 11.8 Å². The molecule has 1 aromatic heterocycles. The lowest BCUT2D eigenvalue weighted by Crippen LogP contribution is -2.30. The number of carbonyl (C=O) groups is 4. The summed E-state index contributed by atoms with van der Waals surface area (Å²) in [7, 11) is 0. The number of rotatable bonds is 6. The molecular weight excluding hydrogens is 608 g/mol. The zero-order valence-corrected chi connectivity index (χ0v) is 23.9. The molecule has 2 amide bonds. The first kappa shape index (κ1) is 27.1. The number of carbonyl (C=O) groups excluding carboxylic acids is 4. The largest absolute Gasteiger partial charge is 0.454 e. The Hall–Kier alpha value is -4.14. The van der Waals surface area contributed by atoms with Gasteiger partial charge in [0.15, 0.2) is 12.4 Å². The fourth-order valence-corrected chi connectivity index (χ4v) is 5.77. The van der Waals surface area contributed by atoms with Gasteiger partial charge in [0.25, 0.3) is 0 Å². The van der Waals surface area contributed by atoms with Crippen molar-refractivity contribution in [2.24, 2.45) is 11.8 Å². The third-order valence-corrected chi connectivity index (χ3v) is 8.17. The number of halogens is 2. The summed E-state index contributed by atoms with van der Waals surface area (Å²) in [6.45, 7) is -0.433. The fraction of sp³-hybridized carbons (Fsp3) is 0.156. The minimum absolute atomic E-state index is 0.176. The summed E-state index contributed by atoms with van der Waals surface area (Å²) in [5.74, 6) is -2.00. The van der Waals surface area contributed by atoms with Crippen LogP contribution < -0.4 is 4.90 Å². The van der Waals surface area contributed by atoms with E-state index in [1.807, 2.05) is 18.2 Å². The van der Waals surface area contributed by atoms with Crippen LogP contribution in [0.2, 0.25) is 5.02 Å². The SMILES string of the molecule is O=C(COC(=O)c1cc(-c2ccc(N3C(=O)[C@@H]4CC=CC[C@H]4C3=O)cc2)nc2ccc(Br)cc12)c1ccc(Cl)cc1. The predicted octanol–water partition coefficient (Wildman–Crippen LogP) is 6.81. The number of amides is 2. The molecule has 0 spiro atoms. The van der Waals surface area contributed by atoms with Crippen LogP contribution in [0.3, 0.4) is 0 Å². The highest BCUT2D eigenvalue weighted by Crippen LogP contribution is 2.38. The van der Waals surface area contributed by atoms with Gasteiger partial charge in [-0.25, -0.2) is 9.78 Å². The normalized spacial score (nSPS) is 18.0. The molecule has 204 valence electrons. The van der Waals surface area contributed by atoms with E-state index in [0.29, 0.717) is 51.3 Å². The van der Waals surface area contributed by atoms with E-state index >= 15 is 0 Å². The van der Waals surface area contributed by atoms with Crippen LogP contribution in [0.25, 0.3) is 22.2 Å². The summed E-state index contributed by atoms with van der Waals surface area (Å²) in [4.78, 5) is 57.8. The van der Waals surface area contributed by atoms with Gasteiger partial charge < -0.3 is 4.74 Å². The molecule has 2 heterocycles. The van der Waals surface area contributed by atoms with Crippen LogP contribution >= 0.6 is 27.5 Å². The molecule has 1 fully saturated rings. The third-order valence-electron chi connectivity index (χ3n) is 7.42. The van der Waals surface area contributed by atoms with Crippen molar-refractivity contribution in [1.82, 2.24) is 4.98 Å². The van der Waals surface area contributed by atoms with Gasteiger partial charge in [-0.3, -0.25) is 19.3 Å². The van der Waals surface area contributed by atoms with Gasteiger partial charge in [0.1, 0.15) is 0 Å². The van der Waals surface area contributed by atoms with E-state index in [1.54, 1.807) is 66.7 Å². The number of aromatic nitrogens is 1. The Balaban J connectivity index is 1.28. The Morgan fingerprint density at radius 1 is 0.902 bits per heavy atom. The summed E-state index contributed by atoms with van der Waals surface area (Å²) >= 11 is 9.34. The van der Waals surface area contributed by atoms with E-state index in [4.69, 9.17) is 21.3 Å². The van der Waals surface area contributed by atoms with Crippen molar-refractivity contribution in [1.29, 1.82) is 0 Å². The zero-order valence-electron chi connectivity index (χ0n) is 21.6. The molecule has 2 aliphatic rings. The molecule has 0 radical (unpaired) electrons. The average Bonchev–Trinajstić information content (AvgIpc) is 3.25. The van der Waals surface area contributed by atoms with Crippen molar-refractivity contribution < 1.29 is 23.9 Å². The molecule has 1 aliphatic heterocycles. The molecular formula is C32H22BrClN2O5. The van der Waals surface area contributed by atoms with Crippen molar-refractivity contribution in [3.8, 4) is 11.3 Å². The molecule has 7 nitrogen and oxygen atoms in total. The molecule has 1 aliphatic carbocycles. The highest BCUT2D eigenvalue weighted by atomic mass is 79.9. The number of pyridine rings is 1. The minimum atomic E-state index is -0.667. The highest BCUT2D eigenvalue weighted by Gasteiger charge is 2.47. The number of fused-ring (bicyclic) bond motifs is 2. The number of ketones is 1. The lowest BCUT2D eigenvalue weighted by atomic mass is 9.85. The minimum Gasteiger partial charge on any atom is -0.454 e. The Bertz CT molecular complexity index is 1720. The standard InChI is InChI=1S/C32H22BrClN2O5/c33-20-9-14-27-25(15-20)26(32(40)41-17-29(37)19-5-10-21(34)11-6-19)16-28(35-27)18-7-12-22(13-8-18)36-30(38)23-3-1-2-4-24(23)31(36)39/h1-2,5-16,23-24H,3-4,17H2/t23-,24-/m1/s1. The van der Waals surface area contributed by atoms with Gasteiger partial charge >= 0.3 is 5.97 Å². The van der Waals surface area contributed by atoms with Crippen molar-refractivity contribution in [3.63, 3.8) is 0 Å². The number of allylic oxidation sites excluding steroid dienone is 2. The quantitative estimate of drug-likeness (QED) is 0.101. The van der Waals surface area contributed by atoms with E-state index in [-0.39, 0.29) is 35.0 Å². The zero-order chi connectivity index (χ0) is 28.7. The summed E-state index contributed by atoms with van der Waals surface area (Å²) < 4.78 is 6.17. The Morgan fingerprint density at radius 2 is 1.56 bits per heavy atom. The third kappa shape index (κ3) is 5.21. The molecule has 3 aromatic carbocycles. The first-order valence-corrected chi connectivity index (χ1v) is 14.2. The molecule has 0 bridgehead atoms. The lowest BCUT2D eigenvalue weighted by Gasteiger charge is -2.15. The Morgan fingerprint density at radius 3 is 2.22 bits per heavy atom. The van der Waals surface area contributed by atoms with Gasteiger partial charge in [0.05, 0.1) is 34.3 Å². The second-order valence-electron chi connectivity index (χ2n) is 9.94. The number of nitrogens with zero attached hydrogens (tertiary/aromatic N) is 2. The maximum atomic E-state index is 13.2. The number of benzene rings is 3. The summed E-state index contributed by atoms with van der Waals surface area (Å²) in [6.07, 6.45) is 5.06. The molecule has 4 aromatic rings. The molecule has 2 atom stereocenters. The molecule has 0 saturated carbocycles. The molecule has 1 saturated heterocycles. The van der Waals surface area contributed by atoms with Crippen molar-refractivity contribution in [2.75, 3.05) is 11.5 Å². The number of anilines is 1. The Labute approximate surface area is 248 Å². The number of esters is 1. The first-order chi connectivity index (χ1) is 19.8. The van der Waals surface area contributed by atoms with Crippen molar-refractivity contribution in [3.05, 3.63) is 106 Å². The van der Waals surface area contributed by atoms with Gasteiger partial charge in [-0.15, -0.1) is 0 Å². The number of imide groups is 1. The summed E-state index contributed by atoms with van der Waals surface area (Å²) in [5, 5.41) is 1.06. The second-order valence-corrected chi connectivity index (χ2v) is 11.3. The maximum Gasteiger partial charge on any atom is 0.339 e. The maximum absolute atomic E-state index is 13.2. The van der Waals surface area contributed by atoms with E-state index in [2.05, 4.69) is 15.9 Å². The van der Waals surface area contributed by atoms with Gasteiger partial charge in [-0.2, -0.15) is 0 Å². The highest BCUT2D eigenvalue weighted by molar-refractivity contribution is 9.10. The Kier molecular flexibility index (Phi) is 7.28. The number of hydrogen-bond acceptors (Lipinski definition) is 6. The number of ether oxygens (including phenoxy) is 1. The summed E-state index contributed by atoms with van der Waals surface area (Å²) in [5.41, 5.74) is 2.88. The topological polar surface area (TPSA) is 93.6 Å². The lowest BCUT2D eigenvalue weighted by molar-refractivity contribution is -0.122. The van der Waals surface area contributed by atoms with Gasteiger partial charge in [-0.05, 0) is 73.5 Å². The van der Waals surface area contributed by atoms with Gasteiger partial charge in [0, 0.05) is 26.0 Å². The average molecular weight is 630 g/mol. The van der Waals surface area contributed by atoms with Crippen LogP contribution in [0.1, 0.15) is 33.6 Å². The smallest absolute Gasteiger partial charge is 0.339 e. The van der Waals surface area contributed by atoms with Crippen LogP contribution in [0.15, 0.2) is 89.4 Å². The van der Waals surface area contributed by atoms with Crippen LogP contribution in [0.5, 0.6) is 0 Å². The number of hydrogen-bond donors (Lipinski definition) is 0. The summed E-state index contributed by atoms with van der Waals surface area (Å²) in [6, 6.07) is 20.3. The second kappa shape index (κ2) is 11.0. The van der Waals surface area contributed by atoms with E-state index in [1.165, 1.54) is 4.90 Å². The van der Waals surface area contributed by atoms with E-state index in [9.17, 15) is 19.2 Å². The molecule has 41 heavy (non-hydrogen) atoms. The van der Waals surface area contributed by atoms with E-state index < -0.39 is 12.6 Å². The molecule has 6 rings (SSSR count). The monoisotopic (exact) mass is 628 g/mol. The van der Waals surface area contributed by atoms with Crippen LogP contribution in [-0.4, -0.2) is 35.2 Å². The van der Waals surface area contributed by atoms with Crippen LogP contribution in [0.4, 0.5) is 5.69 Å². The predicted molar refractivity (Wildman–Crippen MR) is 159 cm³/mol. The molecule has 0 N–H and O–H groups in total. The van der Waals surface area contributed by atoms with Crippen molar-refractivity contribution >= 4 is 67.7 Å². The first-order valence-electron chi connectivity index (χ1n) is 13.0. The molecule has 0 unspecified atom stereocenters. The fourth-order valence-electron chi connectivity index (χ4n) is 5.28. The van der Waals surface area contributed by atoms with Crippen molar-refractivity contribution in [2.45, 2.75) is 12.8 Å². The van der Waals surface area contributed by atoms with E-state index in [0.717, 1.165) is 4.47 Å². The number of Topliss-reactive ketones (excluding diaryl/α,β-unsaturated/α-hetero) is 1. The molecule has 9 heteroatoms. The van der Waals surface area contributed by atoms with Gasteiger partial charge in [0.2, 0.25) is 11.8 Å². The van der Waals surface area contributed by atoms with Gasteiger partial charge in [-0.1, -0.05) is 51.8 Å².